The molecule has 1 amide bonds. The second-order valence-corrected chi connectivity index (χ2v) is 7.03. The van der Waals surface area contributed by atoms with Crippen molar-refractivity contribution in [3.8, 4) is 0 Å². The van der Waals surface area contributed by atoms with Gasteiger partial charge in [0.1, 0.15) is 23.1 Å². The van der Waals surface area contributed by atoms with Crippen LogP contribution in [0.15, 0.2) is 11.0 Å². The number of nitrogens with zero attached hydrogens (tertiary/aromatic N) is 2. The number of hydrogen-bond acceptors (Lipinski definition) is 7. The van der Waals surface area contributed by atoms with Gasteiger partial charge in [-0.3, -0.25) is 14.4 Å². The standard InChI is InChI=1S/C16H23N3O5.CH2O2/c1-10-17-9-11(12(20)18-10)13(21)19-6-3-16(4-7-19)14(22)15(2,23)5-8-24-16;2-1-3/h9,14,22-23H,3-8H2,1-2H3,(H,17,18,20);1H,(H,2,3)/t14-,15+;/m0./s1. The van der Waals surface area contributed by atoms with Gasteiger partial charge in [0, 0.05) is 25.7 Å². The summed E-state index contributed by atoms with van der Waals surface area (Å²) in [7, 11) is 0. The van der Waals surface area contributed by atoms with E-state index in [-0.39, 0.29) is 17.9 Å². The van der Waals surface area contributed by atoms with Crippen molar-refractivity contribution in [1.82, 2.24) is 14.9 Å². The molecule has 0 unspecified atom stereocenters. The van der Waals surface area contributed by atoms with Crippen LogP contribution in [0.4, 0.5) is 0 Å². The number of aromatic amines is 1. The summed E-state index contributed by atoms with van der Waals surface area (Å²) in [4.78, 5) is 40.9. The Bertz CT molecular complexity index is 738. The molecule has 10 nitrogen and oxygen atoms in total. The van der Waals surface area contributed by atoms with E-state index in [0.29, 0.717) is 44.8 Å². The first kappa shape index (κ1) is 21.0. The number of ether oxygens (including phenoxy) is 1. The van der Waals surface area contributed by atoms with Crippen LogP contribution < -0.4 is 5.56 Å². The molecule has 2 fully saturated rings. The Labute approximate surface area is 155 Å². The molecule has 3 rings (SSSR count). The number of aryl methyl sites for hydroxylation is 1. The minimum Gasteiger partial charge on any atom is -0.483 e. The Morgan fingerprint density at radius 3 is 2.56 bits per heavy atom. The van der Waals surface area contributed by atoms with Crippen LogP contribution in [0, 0.1) is 6.92 Å². The number of piperidine rings is 1. The van der Waals surface area contributed by atoms with Gasteiger partial charge >= 0.3 is 0 Å². The van der Waals surface area contributed by atoms with Gasteiger partial charge in [-0.25, -0.2) is 4.98 Å². The van der Waals surface area contributed by atoms with E-state index in [1.54, 1.807) is 18.7 Å². The van der Waals surface area contributed by atoms with Gasteiger partial charge in [-0.1, -0.05) is 0 Å². The van der Waals surface area contributed by atoms with E-state index < -0.39 is 22.9 Å². The average molecular weight is 383 g/mol. The molecule has 150 valence electrons. The zero-order valence-corrected chi connectivity index (χ0v) is 15.3. The molecule has 2 aliphatic heterocycles. The lowest BCUT2D eigenvalue weighted by Gasteiger charge is -2.51. The Kier molecular flexibility index (Phi) is 6.34. The number of rotatable bonds is 1. The maximum Gasteiger partial charge on any atom is 0.290 e. The predicted molar refractivity (Wildman–Crippen MR) is 93.4 cm³/mol. The van der Waals surface area contributed by atoms with Crippen LogP contribution in [0.2, 0.25) is 0 Å². The minimum atomic E-state index is -1.19. The molecule has 1 spiro atoms. The van der Waals surface area contributed by atoms with Crippen LogP contribution in [0.3, 0.4) is 0 Å². The fraction of sp³-hybridized carbons (Fsp3) is 0.647. The van der Waals surface area contributed by atoms with Crippen LogP contribution in [0.1, 0.15) is 42.4 Å². The lowest BCUT2D eigenvalue weighted by Crippen LogP contribution is -2.64. The second kappa shape index (κ2) is 8.15. The number of carbonyl (C=O) groups is 2. The summed E-state index contributed by atoms with van der Waals surface area (Å²) in [5, 5.41) is 27.7. The number of aliphatic hydroxyl groups excluding tert-OH is 1. The third-order valence-electron chi connectivity index (χ3n) is 5.14. The highest BCUT2D eigenvalue weighted by Crippen LogP contribution is 2.39. The van der Waals surface area contributed by atoms with Crippen molar-refractivity contribution in [1.29, 1.82) is 0 Å². The molecule has 0 aromatic carbocycles. The SMILES string of the molecule is Cc1ncc(C(=O)N2CCC3(CC2)OCC[C@@](C)(O)[C@@H]3O)c(=O)[nH]1.O=CO. The summed E-state index contributed by atoms with van der Waals surface area (Å²) >= 11 is 0. The Morgan fingerprint density at radius 2 is 2.00 bits per heavy atom. The number of likely N-dealkylation sites (tertiary alicyclic amines) is 1. The van der Waals surface area contributed by atoms with Crippen molar-refractivity contribution >= 4 is 12.4 Å². The van der Waals surface area contributed by atoms with E-state index in [1.807, 2.05) is 0 Å². The van der Waals surface area contributed by atoms with Gasteiger partial charge in [0.25, 0.3) is 17.9 Å². The summed E-state index contributed by atoms with van der Waals surface area (Å²) in [5.41, 5.74) is -2.47. The molecule has 1 aromatic heterocycles. The number of carboxylic acid groups (broad SMARTS) is 1. The first-order valence-electron chi connectivity index (χ1n) is 8.64. The van der Waals surface area contributed by atoms with Gasteiger partial charge in [-0.05, 0) is 26.7 Å². The van der Waals surface area contributed by atoms with Crippen LogP contribution in [-0.2, 0) is 9.53 Å². The number of aromatic nitrogens is 2. The third-order valence-corrected chi connectivity index (χ3v) is 5.14. The number of carbonyl (C=O) groups excluding carboxylic acids is 1. The van der Waals surface area contributed by atoms with E-state index in [1.165, 1.54) is 6.20 Å². The summed E-state index contributed by atoms with van der Waals surface area (Å²) < 4.78 is 5.80. The molecule has 0 aliphatic carbocycles. The first-order valence-corrected chi connectivity index (χ1v) is 8.64. The molecular formula is C17H25N3O7. The van der Waals surface area contributed by atoms with E-state index >= 15 is 0 Å². The molecular weight excluding hydrogens is 358 g/mol. The monoisotopic (exact) mass is 383 g/mol. The van der Waals surface area contributed by atoms with E-state index in [4.69, 9.17) is 14.6 Å². The van der Waals surface area contributed by atoms with E-state index in [2.05, 4.69) is 9.97 Å². The van der Waals surface area contributed by atoms with Crippen molar-refractivity contribution in [3.05, 3.63) is 27.9 Å². The second-order valence-electron chi connectivity index (χ2n) is 7.03. The van der Waals surface area contributed by atoms with Crippen molar-refractivity contribution in [3.63, 3.8) is 0 Å². The molecule has 2 atom stereocenters. The molecule has 27 heavy (non-hydrogen) atoms. The number of amides is 1. The van der Waals surface area contributed by atoms with Crippen molar-refractivity contribution in [2.45, 2.75) is 50.4 Å². The fourth-order valence-corrected chi connectivity index (χ4v) is 3.56. The van der Waals surface area contributed by atoms with Crippen LogP contribution in [0.5, 0.6) is 0 Å². The smallest absolute Gasteiger partial charge is 0.290 e. The van der Waals surface area contributed by atoms with Crippen LogP contribution in [-0.4, -0.2) is 79.6 Å². The molecule has 4 N–H and O–H groups in total. The van der Waals surface area contributed by atoms with E-state index in [9.17, 15) is 19.8 Å². The molecule has 10 heteroatoms. The molecule has 1 aromatic rings. The Balaban J connectivity index is 0.000000817. The first-order chi connectivity index (χ1) is 12.7. The highest BCUT2D eigenvalue weighted by Gasteiger charge is 2.53. The van der Waals surface area contributed by atoms with E-state index in [0.717, 1.165) is 0 Å². The van der Waals surface area contributed by atoms with Gasteiger partial charge in [0.05, 0.1) is 12.2 Å². The largest absolute Gasteiger partial charge is 0.483 e. The summed E-state index contributed by atoms with van der Waals surface area (Å²) in [6, 6.07) is 0. The topological polar surface area (TPSA) is 153 Å². The maximum atomic E-state index is 12.5. The highest BCUT2D eigenvalue weighted by molar-refractivity contribution is 5.93. The zero-order valence-electron chi connectivity index (χ0n) is 15.3. The zero-order chi connectivity index (χ0) is 20.2. The maximum absolute atomic E-state index is 12.5. The van der Waals surface area contributed by atoms with Gasteiger partial charge in [-0.2, -0.15) is 0 Å². The van der Waals surface area contributed by atoms with Gasteiger partial charge in [0.2, 0.25) is 0 Å². The number of nitrogens with one attached hydrogen (secondary N) is 1. The average Bonchev–Trinajstić information content (AvgIpc) is 2.60. The summed E-state index contributed by atoms with van der Waals surface area (Å²) in [6.07, 6.45) is 1.49. The molecule has 0 radical (unpaired) electrons. The molecule has 0 saturated carbocycles. The normalized spacial score (nSPS) is 26.8. The minimum absolute atomic E-state index is 0.00802. The van der Waals surface area contributed by atoms with Crippen LogP contribution in [0.25, 0.3) is 0 Å². The quantitative estimate of drug-likeness (QED) is 0.464. The van der Waals surface area contributed by atoms with Gasteiger partial charge < -0.3 is 29.9 Å². The van der Waals surface area contributed by atoms with Gasteiger partial charge in [-0.15, -0.1) is 0 Å². The Hall–Kier alpha value is -2.30. The summed E-state index contributed by atoms with van der Waals surface area (Å²) in [5.74, 6) is 0.0748. The molecule has 3 heterocycles. The third kappa shape index (κ3) is 4.34. The Morgan fingerprint density at radius 1 is 1.41 bits per heavy atom. The van der Waals surface area contributed by atoms with Crippen molar-refractivity contribution < 1.29 is 29.6 Å². The molecule has 2 aliphatic rings. The summed E-state index contributed by atoms with van der Waals surface area (Å²) in [6.45, 7) is 4.07. The number of hydrogen-bond donors (Lipinski definition) is 4. The molecule has 0 bridgehead atoms. The fourth-order valence-electron chi connectivity index (χ4n) is 3.56. The van der Waals surface area contributed by atoms with Crippen molar-refractivity contribution in [2.24, 2.45) is 0 Å². The lowest BCUT2D eigenvalue weighted by molar-refractivity contribution is -0.244. The number of aliphatic hydroxyl groups is 2. The van der Waals surface area contributed by atoms with Crippen LogP contribution >= 0.6 is 0 Å². The number of H-pyrrole nitrogens is 1. The van der Waals surface area contributed by atoms with Crippen molar-refractivity contribution in [2.75, 3.05) is 19.7 Å². The predicted octanol–water partition coefficient (Wildman–Crippen LogP) is -0.714. The molecule has 2 saturated heterocycles. The lowest BCUT2D eigenvalue weighted by atomic mass is 9.75. The van der Waals surface area contributed by atoms with Gasteiger partial charge in [0.15, 0.2) is 0 Å². The highest BCUT2D eigenvalue weighted by atomic mass is 16.5.